The van der Waals surface area contributed by atoms with Gasteiger partial charge in [0.1, 0.15) is 23.7 Å². The lowest BCUT2D eigenvalue weighted by Crippen LogP contribution is -2.57. The molecule has 14 nitrogen and oxygen atoms in total. The van der Waals surface area contributed by atoms with Crippen LogP contribution in [0.5, 0.6) is 0 Å². The Labute approximate surface area is 378 Å². The van der Waals surface area contributed by atoms with Crippen LogP contribution < -0.4 is 0 Å². The largest absolute Gasteiger partial charge is 0.462 e. The second-order valence-electron chi connectivity index (χ2n) is 19.1. The van der Waals surface area contributed by atoms with Crippen LogP contribution in [0.15, 0.2) is 70.9 Å². The normalized spacial score (nSPS) is 46.3. The van der Waals surface area contributed by atoms with E-state index in [4.69, 9.17) is 47.4 Å². The monoisotopic (exact) mass is 896 g/mol. The number of carbonyl (C=O) groups is 2. The van der Waals surface area contributed by atoms with Crippen LogP contribution in [0.25, 0.3) is 0 Å². The van der Waals surface area contributed by atoms with Crippen LogP contribution in [0.4, 0.5) is 0 Å². The number of Topliss-reactive ketones (excluding diaryl/α,β-unsaturated/α-hetero) is 1. The Morgan fingerprint density at radius 2 is 1.72 bits per heavy atom. The molecular weight excluding hydrogens is 825 g/mol. The van der Waals surface area contributed by atoms with Gasteiger partial charge in [-0.1, -0.05) is 76.6 Å². The minimum atomic E-state index is -1.94. The number of aliphatic hydroxyl groups excluding tert-OH is 1. The first kappa shape index (κ1) is 49.1. The summed E-state index contributed by atoms with van der Waals surface area (Å²) in [7, 11) is 3.29. The van der Waals surface area contributed by atoms with Gasteiger partial charge < -0.3 is 57.6 Å². The molecule has 2 N–H and O–H groups in total. The number of ether oxygens (including phenoxy) is 10. The minimum absolute atomic E-state index is 0.0292. The van der Waals surface area contributed by atoms with Crippen molar-refractivity contribution in [1.29, 1.82) is 0 Å². The van der Waals surface area contributed by atoms with Crippen LogP contribution in [0, 0.1) is 23.7 Å². The lowest BCUT2D eigenvalue weighted by atomic mass is 9.71. The summed E-state index contributed by atoms with van der Waals surface area (Å²) in [6.07, 6.45) is 12.1. The van der Waals surface area contributed by atoms with Crippen LogP contribution in [0.3, 0.4) is 0 Å². The number of methoxy groups -OCH3 is 2. The van der Waals surface area contributed by atoms with Gasteiger partial charge in [-0.15, -0.1) is 0 Å². The van der Waals surface area contributed by atoms with E-state index in [1.807, 2.05) is 39.0 Å². The summed E-state index contributed by atoms with van der Waals surface area (Å²) in [4.78, 5) is 27.8. The first-order chi connectivity index (χ1) is 30.5. The second-order valence-corrected chi connectivity index (χ2v) is 19.1. The molecular formula is C50H72O14. The summed E-state index contributed by atoms with van der Waals surface area (Å²) in [6.45, 7) is 15.9. The molecule has 7 rings (SSSR count). The van der Waals surface area contributed by atoms with Crippen molar-refractivity contribution in [3.8, 4) is 0 Å². The van der Waals surface area contributed by atoms with Crippen LogP contribution in [0.1, 0.15) is 93.9 Å². The summed E-state index contributed by atoms with van der Waals surface area (Å²) < 4.78 is 64.2. The lowest BCUT2D eigenvalue weighted by molar-refractivity contribution is -0.305. The number of fused-ring (bicyclic) bond motifs is 2. The van der Waals surface area contributed by atoms with Crippen LogP contribution in [0.2, 0.25) is 0 Å². The number of carbonyl (C=O) groups excluding carboxylic acids is 2. The Balaban J connectivity index is 1.17. The van der Waals surface area contributed by atoms with Crippen molar-refractivity contribution in [1.82, 2.24) is 0 Å². The number of ketones is 1. The fraction of sp³-hybridized carbons (Fsp3) is 0.720. The summed E-state index contributed by atoms with van der Waals surface area (Å²) in [5.74, 6) is -3.08. The second kappa shape index (κ2) is 20.6. The van der Waals surface area contributed by atoms with Crippen LogP contribution in [-0.4, -0.2) is 134 Å². The van der Waals surface area contributed by atoms with Gasteiger partial charge in [0.2, 0.25) is 0 Å². The Kier molecular flexibility index (Phi) is 15.8. The van der Waals surface area contributed by atoms with Crippen molar-refractivity contribution in [3.63, 3.8) is 0 Å². The minimum Gasteiger partial charge on any atom is -0.462 e. The number of rotatable bonds is 9. The lowest BCUT2D eigenvalue weighted by Gasteiger charge is -2.48. The zero-order valence-electron chi connectivity index (χ0n) is 39.3. The number of aliphatic hydroxyl groups is 2. The maximum atomic E-state index is 14.3. The Bertz CT molecular complexity index is 1870. The van der Waals surface area contributed by atoms with Crippen molar-refractivity contribution in [3.05, 3.63) is 70.9 Å². The Hall–Kier alpha value is -2.86. The van der Waals surface area contributed by atoms with E-state index in [9.17, 15) is 19.8 Å². The zero-order chi connectivity index (χ0) is 46.1. The number of hydrogen-bond acceptors (Lipinski definition) is 14. The molecule has 4 fully saturated rings. The topological polar surface area (TPSA) is 167 Å². The highest BCUT2D eigenvalue weighted by Gasteiger charge is 2.60. The molecule has 356 valence electrons. The molecule has 4 saturated heterocycles. The third-order valence-corrected chi connectivity index (χ3v) is 14.6. The SMILES string of the molecule is CCC(C)C1OC2(C=CC1C)CC1CC(C/C=C(\C)C(OC3CC(OC)C(OC4CC(OC)/C(=C/CO)C(C)O4)C(C)O3)C(C)/C=C/C=C3\COC4C(=O)C(C)=CC(C(=O)O1)C34O)O2. The molecule has 7 aliphatic rings. The first-order valence-electron chi connectivity index (χ1n) is 23.4. The van der Waals surface area contributed by atoms with E-state index in [0.717, 1.165) is 17.6 Å². The third-order valence-electron chi connectivity index (χ3n) is 14.6. The number of esters is 1. The van der Waals surface area contributed by atoms with E-state index in [2.05, 4.69) is 39.8 Å². The molecule has 0 aromatic heterocycles. The molecule has 14 heteroatoms. The molecule has 6 heterocycles. The quantitative estimate of drug-likeness (QED) is 0.200. The smallest absolute Gasteiger partial charge is 0.316 e. The molecule has 18 atom stereocenters. The summed E-state index contributed by atoms with van der Waals surface area (Å²) in [5, 5.41) is 22.0. The average molecular weight is 897 g/mol. The van der Waals surface area contributed by atoms with E-state index in [1.165, 1.54) is 6.08 Å². The summed E-state index contributed by atoms with van der Waals surface area (Å²) in [6, 6.07) is 0. The molecule has 64 heavy (non-hydrogen) atoms. The highest BCUT2D eigenvalue weighted by Crippen LogP contribution is 2.46. The van der Waals surface area contributed by atoms with E-state index < -0.39 is 72.5 Å². The van der Waals surface area contributed by atoms with Gasteiger partial charge in [-0.3, -0.25) is 9.59 Å². The van der Waals surface area contributed by atoms with E-state index in [0.29, 0.717) is 36.8 Å². The van der Waals surface area contributed by atoms with Gasteiger partial charge in [0.25, 0.3) is 0 Å². The van der Waals surface area contributed by atoms with Crippen molar-refractivity contribution in [2.75, 3.05) is 27.4 Å². The van der Waals surface area contributed by atoms with Crippen LogP contribution >= 0.6 is 0 Å². The zero-order valence-corrected chi connectivity index (χ0v) is 39.3. The van der Waals surface area contributed by atoms with Crippen molar-refractivity contribution in [2.45, 2.75) is 179 Å². The van der Waals surface area contributed by atoms with Crippen molar-refractivity contribution < 1.29 is 67.2 Å². The molecule has 0 saturated carbocycles. The molecule has 0 radical (unpaired) electrons. The van der Waals surface area contributed by atoms with E-state index in [-0.39, 0.29) is 67.6 Å². The maximum Gasteiger partial charge on any atom is 0.316 e. The standard InChI is InChI=1S/C50H72O14/c1-11-27(2)45-30(5)17-19-49(64-45)25-36-22-35(63-49)16-15-29(4)44(28(3)13-12-14-34-26-57-47-43(52)31(6)21-38(48(53)60-36)50(34,47)54)61-42-24-40(56-10)46(33(8)59-42)62-41-23-39(55-9)37(18-20-51)32(7)58-41/h12-15,17-19,21,27-28,30,32-33,35-36,38-42,44-47,51,54H,11,16,20,22-26H2,1-10H3/b13-12+,29-15+,34-14+,37-18+. The average Bonchev–Trinajstić information content (AvgIpc) is 3.61. The third kappa shape index (κ3) is 10.0. The first-order valence-corrected chi connectivity index (χ1v) is 23.4. The molecule has 1 aliphatic carbocycles. The van der Waals surface area contributed by atoms with Gasteiger partial charge >= 0.3 is 5.97 Å². The summed E-state index contributed by atoms with van der Waals surface area (Å²) in [5.41, 5.74) is 0.650. The van der Waals surface area contributed by atoms with Gasteiger partial charge in [-0.25, -0.2) is 0 Å². The van der Waals surface area contributed by atoms with Gasteiger partial charge in [0.05, 0.1) is 55.9 Å². The van der Waals surface area contributed by atoms with Crippen LogP contribution in [-0.2, 0) is 57.0 Å². The Morgan fingerprint density at radius 1 is 0.953 bits per heavy atom. The predicted molar refractivity (Wildman–Crippen MR) is 235 cm³/mol. The maximum absolute atomic E-state index is 14.3. The van der Waals surface area contributed by atoms with Gasteiger partial charge in [0, 0.05) is 51.7 Å². The molecule has 1 spiro atoms. The fourth-order valence-electron chi connectivity index (χ4n) is 10.7. The van der Waals surface area contributed by atoms with E-state index >= 15 is 0 Å². The predicted octanol–water partition coefficient (Wildman–Crippen LogP) is 6.14. The number of hydrogen-bond donors (Lipinski definition) is 2. The molecule has 18 unspecified atom stereocenters. The molecule has 0 aromatic carbocycles. The molecule has 2 bridgehead atoms. The number of allylic oxidation sites excluding steroid dienone is 2. The van der Waals surface area contributed by atoms with Crippen molar-refractivity contribution >= 4 is 11.8 Å². The van der Waals surface area contributed by atoms with Gasteiger partial charge in [-0.05, 0) is 68.4 Å². The Morgan fingerprint density at radius 3 is 2.44 bits per heavy atom. The van der Waals surface area contributed by atoms with E-state index in [1.54, 1.807) is 33.3 Å². The van der Waals surface area contributed by atoms with Gasteiger partial charge in [0.15, 0.2) is 30.3 Å². The highest BCUT2D eigenvalue weighted by molar-refractivity contribution is 6.03. The molecule has 6 aliphatic heterocycles. The van der Waals surface area contributed by atoms with Crippen molar-refractivity contribution in [2.24, 2.45) is 23.7 Å². The van der Waals surface area contributed by atoms with Gasteiger partial charge in [-0.2, -0.15) is 0 Å². The highest BCUT2D eigenvalue weighted by atomic mass is 16.7. The fourth-order valence-corrected chi connectivity index (χ4v) is 10.7. The summed E-state index contributed by atoms with van der Waals surface area (Å²) >= 11 is 0. The molecule has 0 aromatic rings. The molecule has 0 amide bonds.